The molecule has 333 valence electrons. The Balaban J connectivity index is -0.000000103. The van der Waals surface area contributed by atoms with Crippen LogP contribution in [-0.2, 0) is 32.7 Å². The zero-order valence-corrected chi connectivity index (χ0v) is 43.3. The molecule has 9 nitrogen and oxygen atoms in total. The molecule has 0 aliphatic rings. The van der Waals surface area contributed by atoms with E-state index in [2.05, 4.69) is 93.8 Å². The van der Waals surface area contributed by atoms with Crippen LogP contribution < -0.4 is 0 Å². The second kappa shape index (κ2) is 66.2. The second-order valence-corrected chi connectivity index (χ2v) is 11.2. The summed E-state index contributed by atoms with van der Waals surface area (Å²) < 4.78 is 13.8. The maximum atomic E-state index is 4.86. The molecule has 0 N–H and O–H groups in total. The molecule has 7 aromatic rings. The van der Waals surface area contributed by atoms with Crippen LogP contribution in [0.25, 0.3) is 0 Å². The maximum absolute atomic E-state index is 4.86. The van der Waals surface area contributed by atoms with E-state index in [1.165, 1.54) is 0 Å². The molecule has 0 bridgehead atoms. The number of benzene rings is 4. The molecule has 10 heteroatoms. The van der Waals surface area contributed by atoms with Gasteiger partial charge in [-0.1, -0.05) is 256 Å². The van der Waals surface area contributed by atoms with E-state index in [0.717, 1.165) is 11.8 Å². The molecule has 3 heterocycles. The third-order valence-corrected chi connectivity index (χ3v) is 4.14. The molecule has 0 fully saturated rings. The van der Waals surface area contributed by atoms with Gasteiger partial charge in [-0.15, -0.1) is 10.2 Å². The smallest absolute Gasteiger partial charge is 0.213 e. The average Bonchev–Trinajstić information content (AvgIpc) is 4.08. The predicted molar refractivity (Wildman–Crippen MR) is 252 cm³/mol. The van der Waals surface area contributed by atoms with Crippen LogP contribution in [0.4, 0.5) is 0 Å². The van der Waals surface area contributed by atoms with Gasteiger partial charge in [-0.05, 0) is 11.8 Å². The van der Waals surface area contributed by atoms with Crippen molar-refractivity contribution in [3.8, 4) is 0 Å². The molecule has 0 atom stereocenters. The van der Waals surface area contributed by atoms with Crippen LogP contribution in [0.15, 0.2) is 159 Å². The summed E-state index contributed by atoms with van der Waals surface area (Å²) in [7, 11) is 0. The summed E-state index contributed by atoms with van der Waals surface area (Å²) in [6.45, 7) is 36.0. The summed E-state index contributed by atoms with van der Waals surface area (Å²) in [4.78, 5) is 0. The molecule has 1 radical (unpaired) electrons. The van der Waals surface area contributed by atoms with Crippen molar-refractivity contribution in [2.45, 2.75) is 125 Å². The van der Waals surface area contributed by atoms with Crippen LogP contribution in [0.2, 0.25) is 0 Å². The molecular formula is C50H80N6O3Y-2. The van der Waals surface area contributed by atoms with E-state index < -0.39 is 0 Å². The largest absolute Gasteiger partial charge is 0.613 e. The first-order valence-corrected chi connectivity index (χ1v) is 20.6. The minimum absolute atomic E-state index is 0. The van der Waals surface area contributed by atoms with Gasteiger partial charge in [0.1, 0.15) is 0 Å². The van der Waals surface area contributed by atoms with Gasteiger partial charge in [0.2, 0.25) is 11.8 Å². The van der Waals surface area contributed by atoms with Crippen LogP contribution in [0.1, 0.15) is 120 Å². The Bertz CT molecular complexity index is 1250. The van der Waals surface area contributed by atoms with E-state index in [4.69, 9.17) is 4.42 Å². The minimum atomic E-state index is 0. The summed E-state index contributed by atoms with van der Waals surface area (Å²) in [5.41, 5.74) is 0. The van der Waals surface area contributed by atoms with Crippen molar-refractivity contribution in [1.82, 2.24) is 30.6 Å². The molecule has 3 aromatic heterocycles. The van der Waals surface area contributed by atoms with Crippen molar-refractivity contribution in [2.24, 2.45) is 11.8 Å². The molecule has 0 unspecified atom stereocenters. The quantitative estimate of drug-likeness (QED) is 0.137. The van der Waals surface area contributed by atoms with Gasteiger partial charge in [0.15, 0.2) is 0 Å². The van der Waals surface area contributed by atoms with Gasteiger partial charge in [0.25, 0.3) is 0 Å². The molecule has 60 heavy (non-hydrogen) atoms. The number of aryl methyl sites for hydroxylation is 4. The van der Waals surface area contributed by atoms with Crippen molar-refractivity contribution in [1.29, 1.82) is 0 Å². The summed E-state index contributed by atoms with van der Waals surface area (Å²) >= 11 is 0. The van der Waals surface area contributed by atoms with Crippen LogP contribution in [0.3, 0.4) is 0 Å². The Kier molecular flexibility index (Phi) is 77.3. The molecule has 0 aliphatic carbocycles. The van der Waals surface area contributed by atoms with Crippen molar-refractivity contribution < 1.29 is 46.0 Å². The van der Waals surface area contributed by atoms with Gasteiger partial charge in [0.05, 0.1) is 24.6 Å². The Morgan fingerprint density at radius 1 is 0.317 bits per heavy atom. The standard InChI is InChI=1S/4C6H6.C4H6N2O.2C4H10.2C3H3N2O.4C2H6.Y/c4*1-2-4-6-5-3-1;1-3-5-6-4(2)7-3;2*1-4(2)3;2*1-3-5-4-2-6-3;4*1-2;/h4*1-6H;1-2H3;2*4H,1-3H3;2*1H3;4*1-2H3;/q;;;;;;;2*-1;;;;;. The molecule has 4 aromatic carbocycles. The third-order valence-electron chi connectivity index (χ3n) is 4.14. The molecular weight excluding hydrogens is 821 g/mol. The Labute approximate surface area is 392 Å². The topological polar surface area (TPSA) is 117 Å². The number of aromatic nitrogens is 6. The van der Waals surface area contributed by atoms with Gasteiger partial charge < -0.3 is 13.3 Å². The molecule has 0 saturated heterocycles. The Hall–Kier alpha value is -4.60. The van der Waals surface area contributed by atoms with Crippen molar-refractivity contribution in [3.05, 3.63) is 182 Å². The summed E-state index contributed by atoms with van der Waals surface area (Å²) in [6, 6.07) is 48.0. The van der Waals surface area contributed by atoms with Gasteiger partial charge >= 0.3 is 0 Å². The predicted octanol–water partition coefficient (Wildman–Crippen LogP) is 15.2. The molecule has 0 aliphatic heterocycles. The van der Waals surface area contributed by atoms with Crippen LogP contribution in [-0.4, -0.2) is 30.6 Å². The minimum Gasteiger partial charge on any atom is -0.613 e. The molecule has 0 saturated carbocycles. The summed E-state index contributed by atoms with van der Waals surface area (Å²) in [5.74, 6) is 4.01. The normalized spacial score (nSPS) is 7.67. The summed E-state index contributed by atoms with van der Waals surface area (Å²) in [5, 5.41) is 20.6. The SMILES string of the molecule is CC.CC.CC.CC.CC(C)C.CC(C)C.Cc1nn[c-]o1.Cc1nn[c-]o1.Cc1nnc(C)o1.[Y].c1ccccc1.c1ccccc1.c1ccccc1.c1ccccc1. The van der Waals surface area contributed by atoms with Gasteiger partial charge in [-0.2, -0.15) is 0 Å². The number of hydrogen-bond donors (Lipinski definition) is 0. The second-order valence-electron chi connectivity index (χ2n) is 11.2. The molecule has 7 rings (SSSR count). The number of hydrogen-bond acceptors (Lipinski definition) is 9. The Morgan fingerprint density at radius 2 is 0.467 bits per heavy atom. The van der Waals surface area contributed by atoms with Gasteiger partial charge in [0, 0.05) is 46.6 Å². The molecule has 0 spiro atoms. The average molecular weight is 902 g/mol. The Morgan fingerprint density at radius 3 is 0.517 bits per heavy atom. The zero-order chi connectivity index (χ0) is 46.2. The third kappa shape index (κ3) is 81.6. The van der Waals surface area contributed by atoms with Crippen LogP contribution in [0, 0.1) is 52.3 Å². The van der Waals surface area contributed by atoms with E-state index in [1.54, 1.807) is 27.7 Å². The van der Waals surface area contributed by atoms with Gasteiger partial charge in [-0.3, -0.25) is 0 Å². The fourth-order valence-corrected chi connectivity index (χ4v) is 2.33. The number of rotatable bonds is 0. The first-order valence-electron chi connectivity index (χ1n) is 20.6. The van der Waals surface area contributed by atoms with Crippen molar-refractivity contribution in [3.63, 3.8) is 0 Å². The van der Waals surface area contributed by atoms with Crippen LogP contribution >= 0.6 is 0 Å². The zero-order valence-electron chi connectivity index (χ0n) is 40.5. The maximum Gasteiger partial charge on any atom is 0.213 e. The fourth-order valence-electron chi connectivity index (χ4n) is 2.33. The van der Waals surface area contributed by atoms with E-state index in [1.807, 2.05) is 201 Å². The van der Waals surface area contributed by atoms with E-state index in [0.29, 0.717) is 23.6 Å². The van der Waals surface area contributed by atoms with Crippen molar-refractivity contribution in [2.75, 3.05) is 0 Å². The fraction of sp³-hybridized carbons (Fsp3) is 0.400. The number of nitrogens with zero attached hydrogens (tertiary/aromatic N) is 6. The monoisotopic (exact) mass is 902 g/mol. The van der Waals surface area contributed by atoms with Crippen molar-refractivity contribution >= 4 is 0 Å². The van der Waals surface area contributed by atoms with Crippen LogP contribution in [0.5, 0.6) is 0 Å². The van der Waals surface area contributed by atoms with E-state index in [-0.39, 0.29) is 32.7 Å². The van der Waals surface area contributed by atoms with E-state index in [9.17, 15) is 0 Å². The first-order chi connectivity index (χ1) is 28.5. The van der Waals surface area contributed by atoms with E-state index >= 15 is 0 Å². The molecule has 0 amide bonds. The first kappa shape index (κ1) is 70.0. The van der Waals surface area contributed by atoms with Gasteiger partial charge in [-0.25, -0.2) is 20.4 Å². The summed E-state index contributed by atoms with van der Waals surface area (Å²) in [6.07, 6.45) is 4.39.